The number of hydrogen-bond donors (Lipinski definition) is 1. The third kappa shape index (κ3) is 4.80. The Hall–Kier alpha value is -1.98. The van der Waals surface area contributed by atoms with Crippen molar-refractivity contribution in [3.05, 3.63) is 29.8 Å². The molecule has 1 N–H and O–H groups in total. The van der Waals surface area contributed by atoms with Gasteiger partial charge in [-0.3, -0.25) is 9.59 Å². The molecule has 2 amide bonds. The van der Waals surface area contributed by atoms with Crippen molar-refractivity contribution in [3.8, 4) is 0 Å². The van der Waals surface area contributed by atoms with Gasteiger partial charge in [0.15, 0.2) is 0 Å². The number of nitrogens with zero attached hydrogens (tertiary/aromatic N) is 1. The van der Waals surface area contributed by atoms with Gasteiger partial charge in [-0.05, 0) is 50.2 Å². The summed E-state index contributed by atoms with van der Waals surface area (Å²) in [5, 5.41) is 2.57. The molecule has 1 aromatic carbocycles. The number of nitrogens with one attached hydrogen (secondary N) is 1. The monoisotopic (exact) mass is 364 g/mol. The average molecular weight is 364 g/mol. The Morgan fingerprint density at radius 2 is 1.62 bits per heavy atom. The molecule has 1 saturated heterocycles. The van der Waals surface area contributed by atoms with Gasteiger partial charge in [0.2, 0.25) is 11.8 Å². The summed E-state index contributed by atoms with van der Waals surface area (Å²) in [6, 6.07) is 2.36. The van der Waals surface area contributed by atoms with Gasteiger partial charge in [-0.1, -0.05) is 19.3 Å². The molecular formula is C20H26F2N2O2. The number of piperidine rings is 1. The lowest BCUT2D eigenvalue weighted by atomic mass is 9.86. The summed E-state index contributed by atoms with van der Waals surface area (Å²) in [4.78, 5) is 27.1. The van der Waals surface area contributed by atoms with E-state index < -0.39 is 17.7 Å². The van der Waals surface area contributed by atoms with Gasteiger partial charge >= 0.3 is 0 Å². The quantitative estimate of drug-likeness (QED) is 0.868. The fourth-order valence-corrected chi connectivity index (χ4v) is 4.11. The van der Waals surface area contributed by atoms with E-state index in [2.05, 4.69) is 5.32 Å². The molecule has 26 heavy (non-hydrogen) atoms. The fourth-order valence-electron chi connectivity index (χ4n) is 4.11. The van der Waals surface area contributed by atoms with E-state index in [1.54, 1.807) is 4.90 Å². The molecule has 0 radical (unpaired) electrons. The lowest BCUT2D eigenvalue weighted by Crippen LogP contribution is -2.50. The topological polar surface area (TPSA) is 49.4 Å². The van der Waals surface area contributed by atoms with E-state index in [4.69, 9.17) is 0 Å². The zero-order chi connectivity index (χ0) is 18.5. The highest BCUT2D eigenvalue weighted by Gasteiger charge is 2.33. The van der Waals surface area contributed by atoms with Gasteiger partial charge in [-0.25, -0.2) is 8.78 Å². The minimum absolute atomic E-state index is 0.0298. The van der Waals surface area contributed by atoms with Crippen molar-refractivity contribution in [1.29, 1.82) is 0 Å². The molecule has 1 aromatic rings. The molecule has 0 aromatic heterocycles. The maximum Gasteiger partial charge on any atom is 0.247 e. The summed E-state index contributed by atoms with van der Waals surface area (Å²) < 4.78 is 26.7. The van der Waals surface area contributed by atoms with E-state index >= 15 is 0 Å². The highest BCUT2D eigenvalue weighted by atomic mass is 19.1. The summed E-state index contributed by atoms with van der Waals surface area (Å²) in [7, 11) is 0. The average Bonchev–Trinajstić information content (AvgIpc) is 2.61. The molecule has 142 valence electrons. The number of benzene rings is 1. The molecule has 2 aliphatic rings. The summed E-state index contributed by atoms with van der Waals surface area (Å²) in [5.74, 6) is -1.41. The van der Waals surface area contributed by atoms with Crippen LogP contribution in [0.1, 0.15) is 57.8 Å². The van der Waals surface area contributed by atoms with Crippen molar-refractivity contribution in [2.24, 2.45) is 5.92 Å². The zero-order valence-electron chi connectivity index (χ0n) is 15.0. The largest absolute Gasteiger partial charge is 0.331 e. The Morgan fingerprint density at radius 1 is 0.962 bits per heavy atom. The molecule has 6 heteroatoms. The highest BCUT2D eigenvalue weighted by Crippen LogP contribution is 2.28. The minimum Gasteiger partial charge on any atom is -0.331 e. The van der Waals surface area contributed by atoms with E-state index in [1.165, 1.54) is 19.3 Å². The van der Waals surface area contributed by atoms with Gasteiger partial charge in [-0.15, -0.1) is 0 Å². The highest BCUT2D eigenvalue weighted by molar-refractivity contribution is 5.97. The number of carbonyl (C=O) groups is 2. The lowest BCUT2D eigenvalue weighted by molar-refractivity contribution is -0.141. The molecule has 1 unspecified atom stereocenters. The number of hydrogen-bond acceptors (Lipinski definition) is 2. The van der Waals surface area contributed by atoms with E-state index in [9.17, 15) is 18.4 Å². The van der Waals surface area contributed by atoms with Crippen LogP contribution in [-0.4, -0.2) is 29.3 Å². The number of halogens is 2. The Balaban J connectivity index is 1.65. The van der Waals surface area contributed by atoms with Crippen LogP contribution in [0.5, 0.6) is 0 Å². The van der Waals surface area contributed by atoms with Crippen LogP contribution in [0.2, 0.25) is 0 Å². The van der Waals surface area contributed by atoms with Crippen LogP contribution in [0, 0.1) is 17.6 Å². The first-order valence-electron chi connectivity index (χ1n) is 9.59. The maximum atomic E-state index is 13.3. The van der Waals surface area contributed by atoms with Crippen LogP contribution in [-0.2, 0) is 9.59 Å². The molecule has 2 fully saturated rings. The van der Waals surface area contributed by atoms with Crippen LogP contribution in [0.15, 0.2) is 18.2 Å². The lowest BCUT2D eigenvalue weighted by Gasteiger charge is -2.36. The summed E-state index contributed by atoms with van der Waals surface area (Å²) in [5.41, 5.74) is 0.0813. The first-order valence-corrected chi connectivity index (χ1v) is 9.59. The second kappa shape index (κ2) is 8.60. The smallest absolute Gasteiger partial charge is 0.247 e. The normalized spacial score (nSPS) is 21.5. The van der Waals surface area contributed by atoms with Crippen LogP contribution >= 0.6 is 0 Å². The molecule has 0 spiro atoms. The van der Waals surface area contributed by atoms with Gasteiger partial charge in [0, 0.05) is 24.7 Å². The number of carbonyl (C=O) groups excluding carboxylic acids is 2. The van der Waals surface area contributed by atoms with Crippen LogP contribution < -0.4 is 5.32 Å². The maximum absolute atomic E-state index is 13.3. The SMILES string of the molecule is O=C(Nc1cc(F)cc(F)c1)C1CCCCN1C(=O)CC1CCCCC1. The van der Waals surface area contributed by atoms with Crippen molar-refractivity contribution in [2.45, 2.75) is 63.8 Å². The molecule has 1 heterocycles. The van der Waals surface area contributed by atoms with Gasteiger partial charge in [0.1, 0.15) is 17.7 Å². The number of amides is 2. The van der Waals surface area contributed by atoms with Crippen molar-refractivity contribution in [3.63, 3.8) is 0 Å². The van der Waals surface area contributed by atoms with Crippen LogP contribution in [0.4, 0.5) is 14.5 Å². The second-order valence-electron chi connectivity index (χ2n) is 7.45. The van der Waals surface area contributed by atoms with Crippen molar-refractivity contribution >= 4 is 17.5 Å². The van der Waals surface area contributed by atoms with Crippen molar-refractivity contribution in [2.75, 3.05) is 11.9 Å². The molecule has 1 atom stereocenters. The Kier molecular flexibility index (Phi) is 6.22. The predicted molar refractivity (Wildman–Crippen MR) is 95.5 cm³/mol. The molecule has 1 aliphatic heterocycles. The van der Waals surface area contributed by atoms with E-state index in [0.717, 1.165) is 43.9 Å². The van der Waals surface area contributed by atoms with Crippen molar-refractivity contribution in [1.82, 2.24) is 4.90 Å². The second-order valence-corrected chi connectivity index (χ2v) is 7.45. The van der Waals surface area contributed by atoms with Crippen molar-refractivity contribution < 1.29 is 18.4 Å². The Labute approximate surface area is 152 Å². The summed E-state index contributed by atoms with van der Waals surface area (Å²) >= 11 is 0. The van der Waals surface area contributed by atoms with Gasteiger partial charge in [0.25, 0.3) is 0 Å². The summed E-state index contributed by atoms with van der Waals surface area (Å²) in [6.07, 6.45) is 8.58. The number of likely N-dealkylation sites (tertiary alicyclic amines) is 1. The molecule has 1 saturated carbocycles. The van der Waals surface area contributed by atoms with Crippen LogP contribution in [0.3, 0.4) is 0 Å². The fraction of sp³-hybridized carbons (Fsp3) is 0.600. The molecule has 3 rings (SSSR count). The van der Waals surface area contributed by atoms with Gasteiger partial charge < -0.3 is 10.2 Å². The Bertz CT molecular complexity index is 639. The molecule has 1 aliphatic carbocycles. The van der Waals surface area contributed by atoms with Gasteiger partial charge in [0.05, 0.1) is 0 Å². The number of rotatable bonds is 4. The first kappa shape index (κ1) is 18.8. The van der Waals surface area contributed by atoms with E-state index in [-0.39, 0.29) is 17.5 Å². The zero-order valence-corrected chi connectivity index (χ0v) is 15.0. The third-order valence-electron chi connectivity index (χ3n) is 5.44. The van der Waals surface area contributed by atoms with Crippen LogP contribution in [0.25, 0.3) is 0 Å². The van der Waals surface area contributed by atoms with Gasteiger partial charge in [-0.2, -0.15) is 0 Å². The summed E-state index contributed by atoms with van der Waals surface area (Å²) in [6.45, 7) is 0.571. The minimum atomic E-state index is -0.742. The molecular weight excluding hydrogens is 338 g/mol. The molecule has 4 nitrogen and oxygen atoms in total. The predicted octanol–water partition coefficient (Wildman–Crippen LogP) is 4.25. The molecule has 0 bridgehead atoms. The number of anilines is 1. The first-order chi connectivity index (χ1) is 12.5. The third-order valence-corrected chi connectivity index (χ3v) is 5.44. The standard InChI is InChI=1S/C20H26F2N2O2/c21-15-11-16(22)13-17(12-15)23-20(26)18-8-4-5-9-24(18)19(25)10-14-6-2-1-3-7-14/h11-14,18H,1-10H2,(H,23,26). The Morgan fingerprint density at radius 3 is 2.31 bits per heavy atom. The van der Waals surface area contributed by atoms with E-state index in [0.29, 0.717) is 25.3 Å². The van der Waals surface area contributed by atoms with E-state index in [1.807, 2.05) is 0 Å².